The van der Waals surface area contributed by atoms with Crippen LogP contribution < -0.4 is 4.90 Å². The highest BCUT2D eigenvalue weighted by molar-refractivity contribution is 9.10. The Hall–Kier alpha value is -2.93. The molecular weight excluding hydrogens is 430 g/mol. The van der Waals surface area contributed by atoms with Crippen molar-refractivity contribution in [3.63, 3.8) is 0 Å². The Labute approximate surface area is 177 Å². The molecule has 1 aromatic heterocycles. The Morgan fingerprint density at radius 3 is 2.62 bits per heavy atom. The van der Waals surface area contributed by atoms with Crippen LogP contribution in [0.1, 0.15) is 30.6 Å². The third-order valence-corrected chi connectivity index (χ3v) is 5.79. The predicted molar refractivity (Wildman–Crippen MR) is 117 cm³/mol. The zero-order chi connectivity index (χ0) is 20.0. The second-order valence-corrected chi connectivity index (χ2v) is 8.13. The third kappa shape index (κ3) is 3.06. The van der Waals surface area contributed by atoms with Crippen molar-refractivity contribution >= 4 is 33.6 Å². The van der Waals surface area contributed by atoms with E-state index < -0.39 is 0 Å². The highest BCUT2D eigenvalue weighted by Crippen LogP contribution is 2.36. The number of amidine groups is 1. The highest BCUT2D eigenvalue weighted by Gasteiger charge is 2.42. The molecule has 6 nitrogen and oxygen atoms in total. The number of anilines is 1. The van der Waals surface area contributed by atoms with Crippen LogP contribution in [-0.2, 0) is 0 Å². The first-order valence-electron chi connectivity index (χ1n) is 9.74. The van der Waals surface area contributed by atoms with E-state index >= 15 is 0 Å². The van der Waals surface area contributed by atoms with Gasteiger partial charge in [0.1, 0.15) is 11.5 Å². The van der Waals surface area contributed by atoms with Crippen LogP contribution in [-0.4, -0.2) is 39.8 Å². The molecule has 1 atom stereocenters. The fourth-order valence-corrected chi connectivity index (χ4v) is 4.13. The van der Waals surface area contributed by atoms with Gasteiger partial charge in [0, 0.05) is 16.6 Å². The summed E-state index contributed by atoms with van der Waals surface area (Å²) in [7, 11) is 0. The largest absolute Gasteiger partial charge is 0.334 e. The topological polar surface area (TPSA) is 64.6 Å². The van der Waals surface area contributed by atoms with Crippen molar-refractivity contribution in [2.75, 3.05) is 18.0 Å². The molecule has 3 heterocycles. The summed E-state index contributed by atoms with van der Waals surface area (Å²) in [6.45, 7) is 3.23. The van der Waals surface area contributed by atoms with Gasteiger partial charge in [-0.3, -0.25) is 14.8 Å². The van der Waals surface area contributed by atoms with Gasteiger partial charge < -0.3 is 4.98 Å². The Balaban J connectivity index is 1.60. The van der Waals surface area contributed by atoms with Crippen LogP contribution in [0.5, 0.6) is 0 Å². The number of fused-ring (bicyclic) bond motifs is 3. The summed E-state index contributed by atoms with van der Waals surface area (Å²) < 4.78 is 1.01. The van der Waals surface area contributed by atoms with Gasteiger partial charge >= 0.3 is 6.03 Å². The van der Waals surface area contributed by atoms with Gasteiger partial charge in [-0.15, -0.1) is 0 Å². The number of benzene rings is 2. The molecule has 0 radical (unpaired) electrons. The molecule has 3 aromatic rings. The van der Waals surface area contributed by atoms with E-state index in [2.05, 4.69) is 40.0 Å². The van der Waals surface area contributed by atoms with E-state index in [9.17, 15) is 4.79 Å². The van der Waals surface area contributed by atoms with Crippen LogP contribution in [0, 0.1) is 0 Å². The van der Waals surface area contributed by atoms with Crippen LogP contribution >= 0.6 is 15.9 Å². The van der Waals surface area contributed by atoms with E-state index in [0.29, 0.717) is 24.7 Å². The lowest BCUT2D eigenvalue weighted by Crippen LogP contribution is -2.50. The van der Waals surface area contributed by atoms with Gasteiger partial charge in [-0.05, 0) is 24.1 Å². The van der Waals surface area contributed by atoms with Crippen molar-refractivity contribution < 1.29 is 4.79 Å². The maximum atomic E-state index is 13.2. The highest BCUT2D eigenvalue weighted by atomic mass is 79.9. The minimum absolute atomic E-state index is 0.0506. The van der Waals surface area contributed by atoms with Crippen LogP contribution in [0.2, 0.25) is 0 Å². The van der Waals surface area contributed by atoms with E-state index in [-0.39, 0.29) is 12.1 Å². The van der Waals surface area contributed by atoms with Crippen LogP contribution in [0.4, 0.5) is 10.6 Å². The number of aliphatic imine (C=N–C) groups is 1. The Kier molecular flexibility index (Phi) is 4.47. The summed E-state index contributed by atoms with van der Waals surface area (Å²) >= 11 is 3.47. The molecule has 0 unspecified atom stereocenters. The molecule has 0 fully saturated rings. The van der Waals surface area contributed by atoms with Gasteiger partial charge in [-0.2, -0.15) is 0 Å². The fraction of sp³-hybridized carbons (Fsp3) is 0.227. The second-order valence-electron chi connectivity index (χ2n) is 7.21. The van der Waals surface area contributed by atoms with Gasteiger partial charge in [-0.1, -0.05) is 65.3 Å². The number of H-pyrrole nitrogens is 1. The molecule has 2 amide bonds. The van der Waals surface area contributed by atoms with Crippen molar-refractivity contribution in [2.45, 2.75) is 19.4 Å². The van der Waals surface area contributed by atoms with Crippen molar-refractivity contribution in [1.82, 2.24) is 14.9 Å². The quantitative estimate of drug-likeness (QED) is 0.609. The number of carbonyl (C=O) groups is 1. The van der Waals surface area contributed by atoms with Gasteiger partial charge in [0.05, 0.1) is 12.6 Å². The number of halogens is 1. The molecule has 5 rings (SSSR count). The van der Waals surface area contributed by atoms with Crippen molar-refractivity contribution in [1.29, 1.82) is 0 Å². The number of rotatable bonds is 4. The smallest absolute Gasteiger partial charge is 0.331 e. The summed E-state index contributed by atoms with van der Waals surface area (Å²) in [6.07, 6.45) is 0.855. The maximum Gasteiger partial charge on any atom is 0.331 e. The summed E-state index contributed by atoms with van der Waals surface area (Å²) in [5.74, 6) is 2.09. The molecule has 146 valence electrons. The lowest BCUT2D eigenvalue weighted by atomic mass is 10.1. The molecule has 2 aliphatic rings. The Morgan fingerprint density at radius 2 is 1.90 bits per heavy atom. The Bertz CT molecular complexity index is 1090. The molecule has 0 saturated carbocycles. The number of urea groups is 1. The second kappa shape index (κ2) is 7.15. The number of aromatic nitrogens is 2. The number of nitrogens with zero attached hydrogens (tertiary/aromatic N) is 4. The maximum absolute atomic E-state index is 13.2. The molecule has 0 saturated heterocycles. The number of nitrogens with one attached hydrogen (secondary N) is 1. The number of carbonyl (C=O) groups excluding carboxylic acids is 1. The average molecular weight is 450 g/mol. The Morgan fingerprint density at radius 1 is 1.14 bits per heavy atom. The first kappa shape index (κ1) is 18.1. The van der Waals surface area contributed by atoms with E-state index in [1.165, 1.54) is 0 Å². The molecule has 0 aliphatic carbocycles. The van der Waals surface area contributed by atoms with E-state index in [0.717, 1.165) is 33.5 Å². The zero-order valence-electron chi connectivity index (χ0n) is 16.0. The number of aromatic amines is 1. The SMILES string of the molecule is CCCN1C(=O)N2C[C@H](c3ccccc3)N=C2c2[nH]c(-c3ccc(Br)cc3)nc21. The minimum atomic E-state index is -0.0657. The molecule has 7 heteroatoms. The van der Waals surface area contributed by atoms with Gasteiger partial charge in [0.25, 0.3) is 0 Å². The van der Waals surface area contributed by atoms with Gasteiger partial charge in [-0.25, -0.2) is 9.78 Å². The number of hydrogen-bond acceptors (Lipinski definition) is 3. The summed E-state index contributed by atoms with van der Waals surface area (Å²) in [4.78, 5) is 29.9. The van der Waals surface area contributed by atoms with Gasteiger partial charge in [0.15, 0.2) is 11.7 Å². The molecular formula is C22H20BrN5O. The monoisotopic (exact) mass is 449 g/mol. The van der Waals surface area contributed by atoms with E-state index in [1.807, 2.05) is 42.5 Å². The zero-order valence-corrected chi connectivity index (χ0v) is 17.6. The normalized spacial score (nSPS) is 17.9. The fourth-order valence-electron chi connectivity index (χ4n) is 3.86. The lowest BCUT2D eigenvalue weighted by molar-refractivity contribution is 0.227. The van der Waals surface area contributed by atoms with Crippen LogP contribution in [0.15, 0.2) is 64.1 Å². The van der Waals surface area contributed by atoms with Crippen LogP contribution in [0.3, 0.4) is 0 Å². The van der Waals surface area contributed by atoms with E-state index in [4.69, 9.17) is 9.98 Å². The van der Waals surface area contributed by atoms with Crippen molar-refractivity contribution in [3.05, 3.63) is 70.3 Å². The molecule has 1 N–H and O–H groups in total. The first-order valence-corrected chi connectivity index (χ1v) is 10.5. The number of amides is 2. The van der Waals surface area contributed by atoms with Crippen molar-refractivity contribution in [3.8, 4) is 11.4 Å². The van der Waals surface area contributed by atoms with E-state index in [1.54, 1.807) is 9.80 Å². The summed E-state index contributed by atoms with van der Waals surface area (Å²) in [6, 6.07) is 18.0. The summed E-state index contributed by atoms with van der Waals surface area (Å²) in [5, 5.41) is 0. The average Bonchev–Trinajstić information content (AvgIpc) is 3.37. The first-order chi connectivity index (χ1) is 14.2. The molecule has 29 heavy (non-hydrogen) atoms. The lowest BCUT2D eigenvalue weighted by Gasteiger charge is -2.32. The molecule has 0 spiro atoms. The summed E-state index contributed by atoms with van der Waals surface area (Å²) in [5.41, 5.74) is 2.89. The number of imidazole rings is 1. The van der Waals surface area contributed by atoms with Crippen molar-refractivity contribution in [2.24, 2.45) is 4.99 Å². The van der Waals surface area contributed by atoms with Gasteiger partial charge in [0.2, 0.25) is 0 Å². The number of hydrogen-bond donors (Lipinski definition) is 1. The minimum Gasteiger partial charge on any atom is -0.334 e. The molecule has 2 aromatic carbocycles. The standard InChI is InChI=1S/C22H20BrN5O/c1-2-12-27-21-18(25-19(26-21)15-8-10-16(23)11-9-15)20-24-17(13-28(20)22(27)29)14-6-4-3-5-7-14/h3-11,17H,2,12-13H2,1H3,(H,25,26)/t17-/m1/s1. The van der Waals surface area contributed by atoms with Crippen LogP contribution in [0.25, 0.3) is 11.4 Å². The predicted octanol–water partition coefficient (Wildman–Crippen LogP) is 4.99. The third-order valence-electron chi connectivity index (χ3n) is 5.26. The molecule has 0 bridgehead atoms. The molecule has 2 aliphatic heterocycles.